The summed E-state index contributed by atoms with van der Waals surface area (Å²) in [6.45, 7) is 3.98. The van der Waals surface area contributed by atoms with E-state index in [0.717, 1.165) is 25.1 Å². The van der Waals surface area contributed by atoms with E-state index in [0.29, 0.717) is 6.42 Å². The Morgan fingerprint density at radius 1 is 1.05 bits per heavy atom. The Morgan fingerprint density at radius 3 is 2.52 bits per heavy atom. The summed E-state index contributed by atoms with van der Waals surface area (Å²) in [5.74, 6) is 0.236. The van der Waals surface area contributed by atoms with Crippen LogP contribution in [0.15, 0.2) is 54.6 Å². The molecule has 110 valence electrons. The molecule has 2 aromatic carbocycles. The average molecular weight is 281 g/mol. The van der Waals surface area contributed by atoms with E-state index in [4.69, 9.17) is 0 Å². The number of carbonyl (C=O) groups is 1. The molecule has 0 unspecified atom stereocenters. The van der Waals surface area contributed by atoms with Crippen LogP contribution in [0.3, 0.4) is 0 Å². The third-order valence-corrected chi connectivity index (χ3v) is 3.57. The molecule has 0 radical (unpaired) electrons. The maximum absolute atomic E-state index is 12.0. The second-order valence-electron chi connectivity index (χ2n) is 5.62. The molecule has 0 aliphatic rings. The van der Waals surface area contributed by atoms with Gasteiger partial charge in [0, 0.05) is 18.5 Å². The minimum Gasteiger partial charge on any atom is -0.302 e. The Balaban J connectivity index is 1.74. The molecule has 2 rings (SSSR count). The van der Waals surface area contributed by atoms with Gasteiger partial charge >= 0.3 is 0 Å². The molecule has 2 nitrogen and oxygen atoms in total. The monoisotopic (exact) mass is 281 g/mol. The van der Waals surface area contributed by atoms with Gasteiger partial charge in [-0.1, -0.05) is 60.2 Å². The first-order valence-corrected chi connectivity index (χ1v) is 7.47. The van der Waals surface area contributed by atoms with Gasteiger partial charge in [-0.05, 0) is 32.5 Å². The highest BCUT2D eigenvalue weighted by molar-refractivity contribution is 5.95. The zero-order chi connectivity index (χ0) is 15.1. The first kappa shape index (κ1) is 15.5. The van der Waals surface area contributed by atoms with Crippen molar-refractivity contribution in [3.05, 3.63) is 71.3 Å². The van der Waals surface area contributed by atoms with Crippen LogP contribution in [0.4, 0.5) is 0 Å². The summed E-state index contributed by atoms with van der Waals surface area (Å²) in [7, 11) is 2.11. The minimum atomic E-state index is 0.236. The van der Waals surface area contributed by atoms with Crippen molar-refractivity contribution in [1.82, 2.24) is 4.90 Å². The van der Waals surface area contributed by atoms with Gasteiger partial charge in [-0.25, -0.2) is 0 Å². The lowest BCUT2D eigenvalue weighted by atomic mass is 10.1. The van der Waals surface area contributed by atoms with Crippen LogP contribution < -0.4 is 0 Å². The number of carbonyl (C=O) groups excluding carboxylic acids is 1. The van der Waals surface area contributed by atoms with Crippen molar-refractivity contribution in [2.45, 2.75) is 26.3 Å². The van der Waals surface area contributed by atoms with Gasteiger partial charge in [0.15, 0.2) is 5.78 Å². The van der Waals surface area contributed by atoms with Crippen LogP contribution in [0, 0.1) is 6.92 Å². The molecule has 0 aliphatic heterocycles. The molecule has 0 fully saturated rings. The third-order valence-electron chi connectivity index (χ3n) is 3.57. The van der Waals surface area contributed by atoms with E-state index in [1.54, 1.807) is 0 Å². The number of hydrogen-bond donors (Lipinski definition) is 0. The first-order chi connectivity index (χ1) is 10.1. The topological polar surface area (TPSA) is 20.3 Å². The van der Waals surface area contributed by atoms with E-state index in [1.807, 2.05) is 30.3 Å². The van der Waals surface area contributed by atoms with Gasteiger partial charge in [0.1, 0.15) is 0 Å². The molecule has 0 N–H and O–H groups in total. The summed E-state index contributed by atoms with van der Waals surface area (Å²) in [6.07, 6.45) is 1.51. The quantitative estimate of drug-likeness (QED) is 0.712. The zero-order valence-corrected chi connectivity index (χ0v) is 12.9. The average Bonchev–Trinajstić information content (AvgIpc) is 2.48. The van der Waals surface area contributed by atoms with E-state index in [9.17, 15) is 4.79 Å². The zero-order valence-electron chi connectivity index (χ0n) is 12.9. The Hall–Kier alpha value is -1.93. The summed E-state index contributed by atoms with van der Waals surface area (Å²) in [6, 6.07) is 18.1. The molecule has 0 atom stereocenters. The van der Waals surface area contributed by atoms with E-state index >= 15 is 0 Å². The standard InChI is InChI=1S/C19H23NO/c1-16-8-6-9-17(14-16)15-20(2)13-7-12-19(21)18-10-4-3-5-11-18/h3-6,8-11,14H,7,12-13,15H2,1-2H3. The van der Waals surface area contributed by atoms with Crippen molar-refractivity contribution in [3.63, 3.8) is 0 Å². The number of hydrogen-bond acceptors (Lipinski definition) is 2. The molecule has 0 amide bonds. The lowest BCUT2D eigenvalue weighted by molar-refractivity contribution is 0.0976. The van der Waals surface area contributed by atoms with Crippen LogP contribution >= 0.6 is 0 Å². The van der Waals surface area contributed by atoms with Crippen LogP contribution in [0.2, 0.25) is 0 Å². The number of rotatable bonds is 7. The Bertz CT molecular complexity index is 577. The van der Waals surface area contributed by atoms with E-state index in [1.165, 1.54) is 11.1 Å². The molecule has 0 bridgehead atoms. The summed E-state index contributed by atoms with van der Waals surface area (Å²) in [5, 5.41) is 0. The third kappa shape index (κ3) is 5.16. The van der Waals surface area contributed by atoms with Gasteiger partial charge in [0.25, 0.3) is 0 Å². The summed E-state index contributed by atoms with van der Waals surface area (Å²) >= 11 is 0. The highest BCUT2D eigenvalue weighted by Gasteiger charge is 2.06. The molecular formula is C19H23NO. The van der Waals surface area contributed by atoms with Gasteiger partial charge in [-0.2, -0.15) is 0 Å². The molecule has 21 heavy (non-hydrogen) atoms. The number of Topliss-reactive ketones (excluding diaryl/α,β-unsaturated/α-hetero) is 1. The van der Waals surface area contributed by atoms with E-state index in [2.05, 4.69) is 43.1 Å². The fourth-order valence-corrected chi connectivity index (χ4v) is 2.48. The van der Waals surface area contributed by atoms with Crippen LogP contribution in [0.1, 0.15) is 34.3 Å². The predicted octanol–water partition coefficient (Wildman–Crippen LogP) is 4.09. The lowest BCUT2D eigenvalue weighted by Crippen LogP contribution is -2.19. The Labute approximate surface area is 127 Å². The Morgan fingerprint density at radius 2 is 1.81 bits per heavy atom. The fraction of sp³-hybridized carbons (Fsp3) is 0.316. The second-order valence-corrected chi connectivity index (χ2v) is 5.62. The molecule has 0 saturated carbocycles. The smallest absolute Gasteiger partial charge is 0.162 e. The van der Waals surface area contributed by atoms with E-state index < -0.39 is 0 Å². The Kier molecular flexibility index (Phi) is 5.70. The number of ketones is 1. The summed E-state index contributed by atoms with van der Waals surface area (Å²) in [5.41, 5.74) is 3.44. The summed E-state index contributed by atoms with van der Waals surface area (Å²) < 4.78 is 0. The molecule has 0 heterocycles. The van der Waals surface area contributed by atoms with Crippen molar-refractivity contribution in [1.29, 1.82) is 0 Å². The highest BCUT2D eigenvalue weighted by atomic mass is 16.1. The van der Waals surface area contributed by atoms with E-state index in [-0.39, 0.29) is 5.78 Å². The van der Waals surface area contributed by atoms with Crippen molar-refractivity contribution in [2.24, 2.45) is 0 Å². The predicted molar refractivity (Wildman–Crippen MR) is 87.5 cm³/mol. The first-order valence-electron chi connectivity index (χ1n) is 7.47. The van der Waals surface area contributed by atoms with Gasteiger partial charge < -0.3 is 4.90 Å². The molecule has 0 aromatic heterocycles. The highest BCUT2D eigenvalue weighted by Crippen LogP contribution is 2.09. The second kappa shape index (κ2) is 7.75. The maximum Gasteiger partial charge on any atom is 0.162 e. The normalized spacial score (nSPS) is 10.8. The van der Waals surface area contributed by atoms with Crippen molar-refractivity contribution >= 4 is 5.78 Å². The van der Waals surface area contributed by atoms with Crippen LogP contribution in [-0.4, -0.2) is 24.3 Å². The SMILES string of the molecule is Cc1cccc(CN(C)CCCC(=O)c2ccccc2)c1. The molecule has 2 aromatic rings. The molecule has 2 heteroatoms. The van der Waals surface area contributed by atoms with Gasteiger partial charge in [-0.15, -0.1) is 0 Å². The van der Waals surface area contributed by atoms with Crippen molar-refractivity contribution in [3.8, 4) is 0 Å². The number of nitrogens with zero attached hydrogens (tertiary/aromatic N) is 1. The molecule has 0 spiro atoms. The van der Waals surface area contributed by atoms with Gasteiger partial charge in [0.05, 0.1) is 0 Å². The van der Waals surface area contributed by atoms with Crippen molar-refractivity contribution < 1.29 is 4.79 Å². The van der Waals surface area contributed by atoms with Gasteiger partial charge in [0.2, 0.25) is 0 Å². The number of benzene rings is 2. The fourth-order valence-electron chi connectivity index (χ4n) is 2.48. The van der Waals surface area contributed by atoms with Gasteiger partial charge in [-0.3, -0.25) is 4.79 Å². The minimum absolute atomic E-state index is 0.236. The maximum atomic E-state index is 12.0. The molecular weight excluding hydrogens is 258 g/mol. The van der Waals surface area contributed by atoms with Crippen LogP contribution in [-0.2, 0) is 6.54 Å². The summed E-state index contributed by atoms with van der Waals surface area (Å²) in [4.78, 5) is 14.3. The molecule has 0 saturated heterocycles. The largest absolute Gasteiger partial charge is 0.302 e. The van der Waals surface area contributed by atoms with Crippen molar-refractivity contribution in [2.75, 3.05) is 13.6 Å². The van der Waals surface area contributed by atoms with Crippen LogP contribution in [0.25, 0.3) is 0 Å². The number of aryl methyl sites for hydroxylation is 1. The lowest BCUT2D eigenvalue weighted by Gasteiger charge is -2.16. The van der Waals surface area contributed by atoms with Crippen LogP contribution in [0.5, 0.6) is 0 Å². The molecule has 0 aliphatic carbocycles.